The molecule has 1 aromatic carbocycles. The lowest BCUT2D eigenvalue weighted by atomic mass is 10.2. The van der Waals surface area contributed by atoms with E-state index in [0.29, 0.717) is 25.5 Å². The summed E-state index contributed by atoms with van der Waals surface area (Å²) < 4.78 is 24.6. The highest BCUT2D eigenvalue weighted by Crippen LogP contribution is 2.13. The number of sulfone groups is 1. The van der Waals surface area contributed by atoms with Gasteiger partial charge in [0.25, 0.3) is 0 Å². The number of guanidine groups is 1. The van der Waals surface area contributed by atoms with Crippen molar-refractivity contribution >= 4 is 45.7 Å². The van der Waals surface area contributed by atoms with Crippen molar-refractivity contribution in [2.24, 2.45) is 10.9 Å². The molecule has 1 saturated heterocycles. The van der Waals surface area contributed by atoms with E-state index < -0.39 is 9.84 Å². The summed E-state index contributed by atoms with van der Waals surface area (Å²) in [5.41, 5.74) is 0.813. The Morgan fingerprint density at radius 3 is 2.60 bits per heavy atom. The fraction of sp³-hybridized carbons (Fsp3) is 0.619. The normalized spacial score (nSPS) is 17.0. The maximum Gasteiger partial charge on any atom is 0.225 e. The Balaban J connectivity index is 0.00000450. The van der Waals surface area contributed by atoms with Crippen LogP contribution in [0.3, 0.4) is 0 Å². The van der Waals surface area contributed by atoms with Crippen molar-refractivity contribution in [2.75, 3.05) is 31.9 Å². The molecule has 9 heteroatoms. The van der Waals surface area contributed by atoms with Crippen molar-refractivity contribution in [3.8, 4) is 0 Å². The van der Waals surface area contributed by atoms with Gasteiger partial charge in [-0.15, -0.1) is 24.0 Å². The molecule has 1 fully saturated rings. The maximum atomic E-state index is 12.3. The number of nitrogens with one attached hydrogen (secondary N) is 2. The number of benzene rings is 1. The average Bonchev–Trinajstić information content (AvgIpc) is 3.13. The molecule has 0 bridgehead atoms. The molecule has 0 radical (unpaired) electrons. The van der Waals surface area contributed by atoms with Gasteiger partial charge in [0.15, 0.2) is 15.8 Å². The number of carbonyl (C=O) groups excluding carboxylic acids is 1. The van der Waals surface area contributed by atoms with Gasteiger partial charge in [-0.3, -0.25) is 9.79 Å². The molecule has 1 amide bonds. The van der Waals surface area contributed by atoms with Crippen molar-refractivity contribution in [3.05, 3.63) is 35.9 Å². The number of nitrogens with zero attached hydrogens (tertiary/aromatic N) is 2. The Morgan fingerprint density at radius 2 is 1.97 bits per heavy atom. The van der Waals surface area contributed by atoms with E-state index in [9.17, 15) is 13.2 Å². The highest BCUT2D eigenvalue weighted by molar-refractivity contribution is 14.0. The molecule has 1 heterocycles. The fourth-order valence-corrected chi connectivity index (χ4v) is 4.75. The summed E-state index contributed by atoms with van der Waals surface area (Å²) in [4.78, 5) is 18.5. The zero-order chi connectivity index (χ0) is 21.3. The van der Waals surface area contributed by atoms with Crippen LogP contribution in [0.2, 0.25) is 0 Å². The van der Waals surface area contributed by atoms with E-state index in [0.717, 1.165) is 25.1 Å². The van der Waals surface area contributed by atoms with E-state index >= 15 is 0 Å². The molecular formula is C21H35IN4O3S. The summed E-state index contributed by atoms with van der Waals surface area (Å²) in [6.07, 6.45) is 1.36. The van der Waals surface area contributed by atoms with E-state index in [-0.39, 0.29) is 53.3 Å². The Bertz CT molecular complexity index is 785. The van der Waals surface area contributed by atoms with E-state index in [2.05, 4.69) is 15.6 Å². The number of rotatable bonds is 9. The van der Waals surface area contributed by atoms with Crippen LogP contribution in [0.25, 0.3) is 0 Å². The summed E-state index contributed by atoms with van der Waals surface area (Å²) in [6.45, 7) is 8.41. The molecule has 0 aliphatic carbocycles. The minimum atomic E-state index is -3.15. The molecule has 0 spiro atoms. The molecule has 2 rings (SSSR count). The van der Waals surface area contributed by atoms with Crippen LogP contribution in [0.4, 0.5) is 0 Å². The van der Waals surface area contributed by atoms with Crippen molar-refractivity contribution in [1.82, 2.24) is 15.5 Å². The molecule has 1 aliphatic heterocycles. The highest BCUT2D eigenvalue weighted by atomic mass is 127. The van der Waals surface area contributed by atoms with Crippen LogP contribution in [0.1, 0.15) is 39.2 Å². The SMILES string of the molecule is CCNC(=NCCCS(=O)(=O)Cc1ccccc1)NC1CCN(C(=O)C(C)C)C1.I. The van der Waals surface area contributed by atoms with Gasteiger partial charge in [-0.05, 0) is 25.3 Å². The average molecular weight is 551 g/mol. The third-order valence-electron chi connectivity index (χ3n) is 4.79. The van der Waals surface area contributed by atoms with Crippen molar-refractivity contribution in [3.63, 3.8) is 0 Å². The van der Waals surface area contributed by atoms with Gasteiger partial charge in [-0.1, -0.05) is 44.2 Å². The number of aliphatic imine (C=N–C) groups is 1. The smallest absolute Gasteiger partial charge is 0.225 e. The van der Waals surface area contributed by atoms with Gasteiger partial charge >= 0.3 is 0 Å². The molecule has 30 heavy (non-hydrogen) atoms. The molecule has 170 valence electrons. The quantitative estimate of drug-likeness (QED) is 0.213. The topological polar surface area (TPSA) is 90.9 Å². The first-order valence-electron chi connectivity index (χ1n) is 10.4. The molecule has 0 saturated carbocycles. The first kappa shape index (κ1) is 26.7. The van der Waals surface area contributed by atoms with Gasteiger partial charge < -0.3 is 15.5 Å². The third-order valence-corrected chi connectivity index (χ3v) is 6.48. The number of hydrogen-bond acceptors (Lipinski definition) is 4. The second-order valence-electron chi connectivity index (χ2n) is 7.76. The predicted molar refractivity (Wildman–Crippen MR) is 133 cm³/mol. The Morgan fingerprint density at radius 1 is 1.27 bits per heavy atom. The lowest BCUT2D eigenvalue weighted by Crippen LogP contribution is -2.45. The van der Waals surface area contributed by atoms with Crippen molar-refractivity contribution < 1.29 is 13.2 Å². The number of likely N-dealkylation sites (tertiary alicyclic amines) is 1. The molecule has 2 N–H and O–H groups in total. The zero-order valence-corrected chi connectivity index (χ0v) is 21.3. The van der Waals surface area contributed by atoms with Gasteiger partial charge in [-0.2, -0.15) is 0 Å². The van der Waals surface area contributed by atoms with E-state index in [1.165, 1.54) is 0 Å². The van der Waals surface area contributed by atoms with Crippen LogP contribution in [-0.2, 0) is 20.4 Å². The van der Waals surface area contributed by atoms with Gasteiger partial charge in [0.05, 0.1) is 11.5 Å². The van der Waals surface area contributed by atoms with Crippen LogP contribution in [0.15, 0.2) is 35.3 Å². The third kappa shape index (κ3) is 9.20. The number of amides is 1. The molecule has 1 aromatic rings. The number of carbonyl (C=O) groups is 1. The summed E-state index contributed by atoms with van der Waals surface area (Å²) in [5.74, 6) is 1.05. The molecule has 7 nitrogen and oxygen atoms in total. The number of hydrogen-bond donors (Lipinski definition) is 2. The van der Waals surface area contributed by atoms with Crippen molar-refractivity contribution in [2.45, 2.75) is 45.4 Å². The van der Waals surface area contributed by atoms with Crippen LogP contribution in [-0.4, -0.2) is 63.2 Å². The molecule has 1 atom stereocenters. The summed E-state index contributed by atoms with van der Waals surface area (Å²) in [7, 11) is -3.15. The lowest BCUT2D eigenvalue weighted by Gasteiger charge is -2.20. The number of halogens is 1. The molecule has 0 aromatic heterocycles. The fourth-order valence-electron chi connectivity index (χ4n) is 3.33. The second kappa shape index (κ2) is 13.1. The minimum Gasteiger partial charge on any atom is -0.357 e. The Hall–Kier alpha value is -1.36. The zero-order valence-electron chi connectivity index (χ0n) is 18.1. The van der Waals surface area contributed by atoms with E-state index in [1.807, 2.05) is 56.0 Å². The molecule has 1 unspecified atom stereocenters. The second-order valence-corrected chi connectivity index (χ2v) is 9.94. The standard InChI is InChI=1S/C21H34N4O3S.HI/c1-4-22-21(24-19-11-13-25(15-19)20(26)17(2)3)23-12-8-14-29(27,28)16-18-9-6-5-7-10-18;/h5-7,9-10,17,19H,4,8,11-16H2,1-3H3,(H2,22,23,24);1H. The highest BCUT2D eigenvalue weighted by Gasteiger charge is 2.27. The van der Waals surface area contributed by atoms with Gasteiger partial charge in [0.1, 0.15) is 0 Å². The largest absolute Gasteiger partial charge is 0.357 e. The van der Waals surface area contributed by atoms with Gasteiger partial charge in [-0.25, -0.2) is 8.42 Å². The van der Waals surface area contributed by atoms with Gasteiger partial charge in [0, 0.05) is 38.1 Å². The van der Waals surface area contributed by atoms with Crippen LogP contribution < -0.4 is 10.6 Å². The first-order valence-corrected chi connectivity index (χ1v) is 12.2. The monoisotopic (exact) mass is 550 g/mol. The maximum absolute atomic E-state index is 12.3. The van der Waals surface area contributed by atoms with Crippen LogP contribution >= 0.6 is 24.0 Å². The van der Waals surface area contributed by atoms with Crippen molar-refractivity contribution in [1.29, 1.82) is 0 Å². The van der Waals surface area contributed by atoms with E-state index in [4.69, 9.17) is 0 Å². The van der Waals surface area contributed by atoms with Gasteiger partial charge in [0.2, 0.25) is 5.91 Å². The van der Waals surface area contributed by atoms with Crippen LogP contribution in [0, 0.1) is 5.92 Å². The Kier molecular flexibility index (Phi) is 11.7. The molecular weight excluding hydrogens is 515 g/mol. The summed E-state index contributed by atoms with van der Waals surface area (Å²) >= 11 is 0. The molecule has 1 aliphatic rings. The predicted octanol–water partition coefficient (Wildman–Crippen LogP) is 2.42. The van der Waals surface area contributed by atoms with E-state index in [1.54, 1.807) is 0 Å². The first-order chi connectivity index (χ1) is 13.8. The minimum absolute atomic E-state index is 0. The van der Waals surface area contributed by atoms with Crippen LogP contribution in [0.5, 0.6) is 0 Å². The summed E-state index contributed by atoms with van der Waals surface area (Å²) in [6, 6.07) is 9.40. The lowest BCUT2D eigenvalue weighted by molar-refractivity contribution is -0.133. The summed E-state index contributed by atoms with van der Waals surface area (Å²) in [5, 5.41) is 6.57. The Labute approximate surface area is 198 Å².